The Hall–Kier alpha value is -3.28. The number of fused-ring (bicyclic) bond motifs is 3. The Morgan fingerprint density at radius 2 is 1.65 bits per heavy atom. The second kappa shape index (κ2) is 5.91. The van der Waals surface area contributed by atoms with Crippen molar-refractivity contribution in [3.8, 4) is 17.1 Å². The van der Waals surface area contributed by atoms with Crippen LogP contribution in [0.5, 0.6) is 5.75 Å². The third kappa shape index (κ3) is 3.01. The van der Waals surface area contributed by atoms with Crippen LogP contribution in [-0.2, 0) is 0 Å². The van der Waals surface area contributed by atoms with Crippen molar-refractivity contribution >= 4 is 21.7 Å². The van der Waals surface area contributed by atoms with E-state index in [4.69, 9.17) is 4.42 Å². The lowest BCUT2D eigenvalue weighted by Crippen LogP contribution is -2.17. The van der Waals surface area contributed by atoms with Crippen LogP contribution < -0.4 is 10.2 Å². The molecule has 1 aromatic heterocycles. The second-order valence-corrected chi connectivity index (χ2v) is 5.71. The molecule has 0 aliphatic carbocycles. The summed E-state index contributed by atoms with van der Waals surface area (Å²) in [6.45, 7) is 0. The van der Waals surface area contributed by atoms with E-state index in [1.807, 2.05) is 30.3 Å². The predicted octanol–water partition coefficient (Wildman–Crippen LogP) is 5.51. The van der Waals surface area contributed by atoms with Gasteiger partial charge in [0.2, 0.25) is 0 Å². The van der Waals surface area contributed by atoms with Crippen molar-refractivity contribution in [1.82, 2.24) is 0 Å². The van der Waals surface area contributed by atoms with Gasteiger partial charge in [-0.05, 0) is 23.6 Å². The van der Waals surface area contributed by atoms with E-state index >= 15 is 0 Å². The molecule has 0 saturated carbocycles. The van der Waals surface area contributed by atoms with E-state index < -0.39 is 6.36 Å². The molecule has 0 spiro atoms. The first kappa shape index (κ1) is 16.2. The Morgan fingerprint density at radius 1 is 0.846 bits per heavy atom. The first-order chi connectivity index (χ1) is 12.4. The maximum atomic E-state index is 12.5. The van der Waals surface area contributed by atoms with Crippen LogP contribution in [0, 0.1) is 0 Å². The quantitative estimate of drug-likeness (QED) is 0.445. The zero-order valence-electron chi connectivity index (χ0n) is 13.2. The van der Waals surface area contributed by atoms with E-state index in [2.05, 4.69) is 4.74 Å². The summed E-state index contributed by atoms with van der Waals surface area (Å²) in [5.41, 5.74) is 0.445. The molecule has 0 unspecified atom stereocenters. The fourth-order valence-electron chi connectivity index (χ4n) is 2.87. The Labute approximate surface area is 145 Å². The van der Waals surface area contributed by atoms with Crippen LogP contribution >= 0.6 is 0 Å². The molecule has 0 aliphatic heterocycles. The SMILES string of the molecule is O=c1cc(-c2cccc(OC(F)(F)F)c2)oc2c1ccc1ccccc12. The molecule has 4 aromatic rings. The van der Waals surface area contributed by atoms with Crippen molar-refractivity contribution in [2.24, 2.45) is 0 Å². The molecule has 3 nitrogen and oxygen atoms in total. The van der Waals surface area contributed by atoms with E-state index in [1.54, 1.807) is 12.1 Å². The van der Waals surface area contributed by atoms with Crippen molar-refractivity contribution in [2.75, 3.05) is 0 Å². The first-order valence-electron chi connectivity index (χ1n) is 7.72. The van der Waals surface area contributed by atoms with Gasteiger partial charge >= 0.3 is 6.36 Å². The highest BCUT2D eigenvalue weighted by atomic mass is 19.4. The number of hydrogen-bond donors (Lipinski definition) is 0. The lowest BCUT2D eigenvalue weighted by molar-refractivity contribution is -0.274. The Morgan fingerprint density at radius 3 is 2.46 bits per heavy atom. The van der Waals surface area contributed by atoms with E-state index in [0.717, 1.165) is 10.8 Å². The van der Waals surface area contributed by atoms with E-state index in [9.17, 15) is 18.0 Å². The van der Waals surface area contributed by atoms with Gasteiger partial charge in [0, 0.05) is 17.0 Å². The van der Waals surface area contributed by atoms with Crippen LogP contribution in [0.1, 0.15) is 0 Å². The molecule has 0 amide bonds. The van der Waals surface area contributed by atoms with Gasteiger partial charge in [-0.3, -0.25) is 4.79 Å². The van der Waals surface area contributed by atoms with Crippen molar-refractivity contribution in [3.05, 3.63) is 77.0 Å². The van der Waals surface area contributed by atoms with Gasteiger partial charge in [-0.15, -0.1) is 13.2 Å². The fourth-order valence-corrected chi connectivity index (χ4v) is 2.87. The minimum Gasteiger partial charge on any atom is -0.455 e. The number of rotatable bonds is 2. The number of benzene rings is 3. The largest absolute Gasteiger partial charge is 0.573 e. The summed E-state index contributed by atoms with van der Waals surface area (Å²) in [5, 5.41) is 2.07. The van der Waals surface area contributed by atoms with Crippen LogP contribution in [0.4, 0.5) is 13.2 Å². The zero-order chi connectivity index (χ0) is 18.3. The molecule has 6 heteroatoms. The summed E-state index contributed by atoms with van der Waals surface area (Å²) in [6, 6.07) is 17.5. The normalized spacial score (nSPS) is 11.8. The smallest absolute Gasteiger partial charge is 0.455 e. The van der Waals surface area contributed by atoms with Crippen molar-refractivity contribution in [1.29, 1.82) is 0 Å². The predicted molar refractivity (Wildman–Crippen MR) is 92.1 cm³/mol. The molecule has 26 heavy (non-hydrogen) atoms. The Bertz CT molecular complexity index is 1180. The van der Waals surface area contributed by atoms with Gasteiger partial charge in [-0.2, -0.15) is 0 Å². The average Bonchev–Trinajstić information content (AvgIpc) is 2.60. The lowest BCUT2D eigenvalue weighted by Gasteiger charge is -2.10. The lowest BCUT2D eigenvalue weighted by atomic mass is 10.1. The van der Waals surface area contributed by atoms with Crippen LogP contribution in [0.25, 0.3) is 33.1 Å². The molecule has 3 aromatic carbocycles. The molecule has 0 saturated heterocycles. The van der Waals surface area contributed by atoms with Crippen molar-refractivity contribution < 1.29 is 22.3 Å². The molecule has 0 fully saturated rings. The summed E-state index contributed by atoms with van der Waals surface area (Å²) < 4.78 is 47.1. The van der Waals surface area contributed by atoms with Gasteiger partial charge in [0.15, 0.2) is 5.43 Å². The average molecular weight is 356 g/mol. The summed E-state index contributed by atoms with van der Waals surface area (Å²) in [4.78, 5) is 12.5. The third-order valence-corrected chi connectivity index (χ3v) is 3.97. The molecule has 4 rings (SSSR count). The molecule has 0 aliphatic rings. The fraction of sp³-hybridized carbons (Fsp3) is 0.0500. The topological polar surface area (TPSA) is 39.4 Å². The van der Waals surface area contributed by atoms with Gasteiger partial charge in [0.1, 0.15) is 17.1 Å². The number of ether oxygens (including phenoxy) is 1. The van der Waals surface area contributed by atoms with Crippen LogP contribution in [-0.4, -0.2) is 6.36 Å². The summed E-state index contributed by atoms with van der Waals surface area (Å²) >= 11 is 0. The van der Waals surface area contributed by atoms with Gasteiger partial charge in [0.25, 0.3) is 0 Å². The minimum atomic E-state index is -4.79. The van der Waals surface area contributed by atoms with E-state index in [0.29, 0.717) is 16.5 Å². The van der Waals surface area contributed by atoms with E-state index in [-0.39, 0.29) is 16.9 Å². The summed E-state index contributed by atoms with van der Waals surface area (Å²) in [7, 11) is 0. The maximum absolute atomic E-state index is 12.5. The highest BCUT2D eigenvalue weighted by molar-refractivity contribution is 6.04. The first-order valence-corrected chi connectivity index (χ1v) is 7.72. The van der Waals surface area contributed by atoms with Gasteiger partial charge in [-0.1, -0.05) is 42.5 Å². The van der Waals surface area contributed by atoms with Crippen LogP contribution in [0.3, 0.4) is 0 Å². The summed E-state index contributed by atoms with van der Waals surface area (Å²) in [6.07, 6.45) is -4.79. The monoisotopic (exact) mass is 356 g/mol. The highest BCUT2D eigenvalue weighted by Crippen LogP contribution is 2.31. The number of halogens is 3. The molecule has 0 bridgehead atoms. The molecular weight excluding hydrogens is 345 g/mol. The molecule has 1 heterocycles. The Balaban J connectivity index is 1.91. The zero-order valence-corrected chi connectivity index (χ0v) is 13.2. The third-order valence-electron chi connectivity index (χ3n) is 3.97. The Kier molecular flexibility index (Phi) is 3.68. The molecule has 130 valence electrons. The number of alkyl halides is 3. The van der Waals surface area contributed by atoms with Crippen LogP contribution in [0.2, 0.25) is 0 Å². The second-order valence-electron chi connectivity index (χ2n) is 5.71. The van der Waals surface area contributed by atoms with Crippen molar-refractivity contribution in [3.63, 3.8) is 0 Å². The standard InChI is InChI=1S/C20H11F3O3/c21-20(22,23)26-14-6-3-5-13(10-14)18-11-17(24)16-9-8-12-4-1-2-7-15(12)19(16)25-18/h1-11H. The summed E-state index contributed by atoms with van der Waals surface area (Å²) in [5.74, 6) is -0.206. The molecule has 0 radical (unpaired) electrons. The van der Waals surface area contributed by atoms with E-state index in [1.165, 1.54) is 24.3 Å². The molecular formula is C20H11F3O3. The molecule has 0 N–H and O–H groups in total. The molecule has 0 atom stereocenters. The van der Waals surface area contributed by atoms with Crippen LogP contribution in [0.15, 0.2) is 75.9 Å². The van der Waals surface area contributed by atoms with Gasteiger partial charge in [-0.25, -0.2) is 0 Å². The maximum Gasteiger partial charge on any atom is 0.573 e. The number of hydrogen-bond acceptors (Lipinski definition) is 3. The van der Waals surface area contributed by atoms with Crippen molar-refractivity contribution in [2.45, 2.75) is 6.36 Å². The minimum absolute atomic E-state index is 0.173. The van der Waals surface area contributed by atoms with Gasteiger partial charge < -0.3 is 9.15 Å². The van der Waals surface area contributed by atoms with Gasteiger partial charge in [0.05, 0.1) is 5.39 Å². The highest BCUT2D eigenvalue weighted by Gasteiger charge is 2.31.